The van der Waals surface area contributed by atoms with Crippen molar-refractivity contribution in [3.63, 3.8) is 0 Å². The average molecular weight is 441 g/mol. The molecule has 3 heterocycles. The molecule has 1 aliphatic carbocycles. The number of rotatable bonds is 4. The number of carbonyl (C=O) groups is 2. The van der Waals surface area contributed by atoms with Gasteiger partial charge in [0.05, 0.1) is 25.3 Å². The van der Waals surface area contributed by atoms with Gasteiger partial charge in [0.15, 0.2) is 12.0 Å². The van der Waals surface area contributed by atoms with E-state index in [0.29, 0.717) is 44.0 Å². The van der Waals surface area contributed by atoms with Crippen molar-refractivity contribution in [1.29, 1.82) is 0 Å². The predicted octanol–water partition coefficient (Wildman–Crippen LogP) is 4.90. The van der Waals surface area contributed by atoms with Gasteiger partial charge in [-0.15, -0.1) is 0 Å². The van der Waals surface area contributed by atoms with Gasteiger partial charge in [-0.2, -0.15) is 0 Å². The number of aldehydes is 1. The van der Waals surface area contributed by atoms with Crippen LogP contribution in [-0.2, 0) is 9.47 Å². The molecule has 0 spiro atoms. The molecule has 6 heteroatoms. The lowest BCUT2D eigenvalue weighted by Crippen LogP contribution is -2.56. The summed E-state index contributed by atoms with van der Waals surface area (Å²) in [5, 5.41) is 0. The van der Waals surface area contributed by atoms with E-state index in [4.69, 9.17) is 13.9 Å². The number of nitrogens with zero attached hydrogens (tertiary/aromatic N) is 1. The summed E-state index contributed by atoms with van der Waals surface area (Å²) in [6.45, 7) is 1.14. The average Bonchev–Trinajstić information content (AvgIpc) is 3.45. The van der Waals surface area contributed by atoms with Gasteiger partial charge in [-0.1, -0.05) is 54.6 Å². The van der Waals surface area contributed by atoms with Crippen LogP contribution in [0.15, 0.2) is 71.2 Å². The first-order valence-electron chi connectivity index (χ1n) is 11.2. The molecule has 2 atom stereocenters. The smallest absolute Gasteiger partial charge is 0.410 e. The van der Waals surface area contributed by atoms with Crippen LogP contribution in [0.25, 0.3) is 16.7 Å². The van der Waals surface area contributed by atoms with E-state index in [2.05, 4.69) is 24.3 Å². The van der Waals surface area contributed by atoms with Gasteiger partial charge in [0.2, 0.25) is 0 Å². The molecule has 6 nitrogen and oxygen atoms in total. The number of hydrogen-bond acceptors (Lipinski definition) is 5. The van der Waals surface area contributed by atoms with E-state index in [1.54, 1.807) is 17.0 Å². The first kappa shape index (κ1) is 20.0. The van der Waals surface area contributed by atoms with Crippen molar-refractivity contribution in [3.05, 3.63) is 89.4 Å². The highest BCUT2D eigenvalue weighted by atomic mass is 16.6. The fourth-order valence-corrected chi connectivity index (χ4v) is 5.32. The summed E-state index contributed by atoms with van der Waals surface area (Å²) >= 11 is 0. The summed E-state index contributed by atoms with van der Waals surface area (Å²) in [7, 11) is 0. The molecule has 1 amide bonds. The van der Waals surface area contributed by atoms with Gasteiger partial charge < -0.3 is 13.9 Å². The highest BCUT2D eigenvalue weighted by molar-refractivity contribution is 5.79. The van der Waals surface area contributed by atoms with E-state index in [9.17, 15) is 9.59 Å². The second-order valence-electron chi connectivity index (χ2n) is 8.69. The van der Waals surface area contributed by atoms with Crippen molar-refractivity contribution >= 4 is 18.0 Å². The molecule has 0 saturated carbocycles. The lowest BCUT2D eigenvalue weighted by molar-refractivity contribution is -0.0333. The minimum absolute atomic E-state index is 0.0261. The highest BCUT2D eigenvalue weighted by Gasteiger charge is 2.40. The fourth-order valence-electron chi connectivity index (χ4n) is 5.32. The molecule has 1 fully saturated rings. The third-order valence-corrected chi connectivity index (χ3v) is 6.80. The number of furan rings is 1. The third kappa shape index (κ3) is 3.38. The molecule has 2 aliphatic heterocycles. The number of benzene rings is 2. The van der Waals surface area contributed by atoms with Crippen molar-refractivity contribution in [3.8, 4) is 11.1 Å². The van der Waals surface area contributed by atoms with Crippen LogP contribution in [0, 0.1) is 0 Å². The van der Waals surface area contributed by atoms with Crippen molar-refractivity contribution in [1.82, 2.24) is 4.90 Å². The maximum Gasteiger partial charge on any atom is 0.410 e. The Morgan fingerprint density at radius 2 is 1.73 bits per heavy atom. The van der Waals surface area contributed by atoms with Crippen molar-refractivity contribution in [2.75, 3.05) is 19.8 Å². The molecule has 2 bridgehead atoms. The van der Waals surface area contributed by atoms with Crippen molar-refractivity contribution < 1.29 is 23.5 Å². The Kier molecular flexibility index (Phi) is 4.88. The summed E-state index contributed by atoms with van der Waals surface area (Å²) in [6.07, 6.45) is 2.95. The number of morpholine rings is 1. The van der Waals surface area contributed by atoms with Crippen molar-refractivity contribution in [2.45, 2.75) is 24.4 Å². The van der Waals surface area contributed by atoms with E-state index in [1.165, 1.54) is 22.3 Å². The molecule has 2 aromatic carbocycles. The Hall–Kier alpha value is -3.64. The number of carbonyl (C=O) groups excluding carboxylic acids is 2. The number of ether oxygens (including phenoxy) is 2. The molecule has 33 heavy (non-hydrogen) atoms. The SMILES string of the molecule is O=Cc1ccc(C2=CC3COCC(C2)N3C(=O)OCC2c3ccccc3-c3ccccc32)o1. The van der Waals surface area contributed by atoms with Crippen LogP contribution in [0.3, 0.4) is 0 Å². The quantitative estimate of drug-likeness (QED) is 0.539. The molecule has 3 aromatic rings. The van der Waals surface area contributed by atoms with Crippen molar-refractivity contribution in [2.24, 2.45) is 0 Å². The minimum atomic E-state index is -0.321. The zero-order valence-electron chi connectivity index (χ0n) is 18.0. The lowest BCUT2D eigenvalue weighted by Gasteiger charge is -2.43. The molecular formula is C27H23NO5. The van der Waals surface area contributed by atoms with Gasteiger partial charge in [0.1, 0.15) is 12.4 Å². The summed E-state index contributed by atoms with van der Waals surface area (Å²) in [4.78, 5) is 26.0. The van der Waals surface area contributed by atoms with Crippen LogP contribution in [0.2, 0.25) is 0 Å². The molecule has 1 saturated heterocycles. The van der Waals surface area contributed by atoms with E-state index in [1.807, 2.05) is 30.3 Å². The van der Waals surface area contributed by atoms with Crippen LogP contribution in [0.1, 0.15) is 39.8 Å². The van der Waals surface area contributed by atoms with Crippen LogP contribution in [0.4, 0.5) is 4.79 Å². The Balaban J connectivity index is 1.21. The second kappa shape index (κ2) is 8.05. The number of fused-ring (bicyclic) bond motifs is 5. The molecule has 1 aromatic heterocycles. The summed E-state index contributed by atoms with van der Waals surface area (Å²) < 4.78 is 17.2. The largest absolute Gasteiger partial charge is 0.454 e. The van der Waals surface area contributed by atoms with E-state index >= 15 is 0 Å². The molecule has 2 unspecified atom stereocenters. The monoisotopic (exact) mass is 441 g/mol. The first-order valence-corrected chi connectivity index (χ1v) is 11.2. The molecular weight excluding hydrogens is 418 g/mol. The maximum absolute atomic E-state index is 13.2. The summed E-state index contributed by atoms with van der Waals surface area (Å²) in [6, 6.07) is 19.7. The molecule has 0 N–H and O–H groups in total. The maximum atomic E-state index is 13.2. The van der Waals surface area contributed by atoms with Crippen LogP contribution < -0.4 is 0 Å². The lowest BCUT2D eigenvalue weighted by atomic mass is 9.93. The fraction of sp³-hybridized carbons (Fsp3) is 0.259. The first-order chi connectivity index (χ1) is 16.2. The van der Waals surface area contributed by atoms with E-state index in [0.717, 1.165) is 5.57 Å². The Morgan fingerprint density at radius 3 is 2.39 bits per heavy atom. The Bertz CT molecular complexity index is 1210. The topological polar surface area (TPSA) is 69.0 Å². The standard InChI is InChI=1S/C27H23NO5/c29-13-20-9-10-26(33-20)17-11-18-14-31-15-19(12-17)28(18)27(30)32-16-25-23-7-3-1-5-21(23)22-6-2-4-8-24(22)25/h1-11,13,18-19,25H,12,14-16H2. The molecule has 0 radical (unpaired) electrons. The third-order valence-electron chi connectivity index (χ3n) is 6.80. The van der Waals surface area contributed by atoms with Gasteiger partial charge in [0.25, 0.3) is 0 Å². The van der Waals surface area contributed by atoms with Gasteiger partial charge >= 0.3 is 6.09 Å². The number of hydrogen-bond donors (Lipinski definition) is 0. The van der Waals surface area contributed by atoms with Crippen LogP contribution in [-0.4, -0.2) is 49.2 Å². The Labute approximate surface area is 191 Å². The van der Waals surface area contributed by atoms with Gasteiger partial charge in [-0.05, 0) is 46.4 Å². The van der Waals surface area contributed by atoms with Crippen LogP contribution >= 0.6 is 0 Å². The normalized spacial score (nSPS) is 21.2. The molecule has 3 aliphatic rings. The number of amides is 1. The highest BCUT2D eigenvalue weighted by Crippen LogP contribution is 2.44. The van der Waals surface area contributed by atoms with E-state index in [-0.39, 0.29) is 24.1 Å². The summed E-state index contributed by atoms with van der Waals surface area (Å²) in [5.74, 6) is 0.991. The summed E-state index contributed by atoms with van der Waals surface area (Å²) in [5.41, 5.74) is 5.79. The van der Waals surface area contributed by atoms with Gasteiger partial charge in [0, 0.05) is 5.92 Å². The second-order valence-corrected chi connectivity index (χ2v) is 8.69. The zero-order chi connectivity index (χ0) is 22.4. The predicted molar refractivity (Wildman–Crippen MR) is 122 cm³/mol. The van der Waals surface area contributed by atoms with Gasteiger partial charge in [-0.25, -0.2) is 4.79 Å². The van der Waals surface area contributed by atoms with Crippen LogP contribution in [0.5, 0.6) is 0 Å². The van der Waals surface area contributed by atoms with Gasteiger partial charge in [-0.3, -0.25) is 9.69 Å². The zero-order valence-corrected chi connectivity index (χ0v) is 18.0. The Morgan fingerprint density at radius 1 is 1.00 bits per heavy atom. The molecule has 166 valence electrons. The minimum Gasteiger partial charge on any atom is -0.454 e. The van der Waals surface area contributed by atoms with E-state index < -0.39 is 0 Å². The molecule has 6 rings (SSSR count).